The Morgan fingerprint density at radius 3 is 2.71 bits per heavy atom. The van der Waals surface area contributed by atoms with Crippen molar-refractivity contribution in [2.45, 2.75) is 43.5 Å². The number of rotatable bonds is 1. The van der Waals surface area contributed by atoms with E-state index < -0.39 is 5.60 Å². The second-order valence-corrected chi connectivity index (χ2v) is 5.67. The molecule has 1 aliphatic rings. The number of halogens is 1. The topological polar surface area (TPSA) is 40.5 Å². The predicted octanol–water partition coefficient (Wildman–Crippen LogP) is 1.53. The van der Waals surface area contributed by atoms with Gasteiger partial charge in [-0.2, -0.15) is 0 Å². The van der Waals surface area contributed by atoms with E-state index in [-0.39, 0.29) is 10.7 Å². The van der Waals surface area contributed by atoms with Crippen LogP contribution in [0.15, 0.2) is 0 Å². The van der Waals surface area contributed by atoms with Gasteiger partial charge >= 0.3 is 0 Å². The second kappa shape index (κ2) is 4.62. The number of amides is 1. The Balaban J connectivity index is 2.54. The van der Waals surface area contributed by atoms with Crippen LogP contribution in [0.3, 0.4) is 0 Å². The summed E-state index contributed by atoms with van der Waals surface area (Å²) in [4.78, 5) is 13.4. The average molecular weight is 264 g/mol. The molecule has 0 bridgehead atoms. The minimum atomic E-state index is -0.593. The van der Waals surface area contributed by atoms with Crippen LogP contribution < -0.4 is 0 Å². The van der Waals surface area contributed by atoms with E-state index in [9.17, 15) is 9.90 Å². The zero-order chi connectivity index (χ0) is 10.8. The Labute approximate surface area is 93.6 Å². The zero-order valence-electron chi connectivity index (χ0n) is 8.79. The molecule has 1 heterocycles. The van der Waals surface area contributed by atoms with Crippen molar-refractivity contribution in [2.24, 2.45) is 0 Å². The molecule has 1 aliphatic heterocycles. The summed E-state index contributed by atoms with van der Waals surface area (Å²) in [6, 6.07) is 0. The quantitative estimate of drug-likeness (QED) is 0.730. The molecule has 0 aromatic carbocycles. The Morgan fingerprint density at radius 1 is 1.50 bits per heavy atom. The number of nitrogens with zero attached hydrogens (tertiary/aromatic N) is 1. The summed E-state index contributed by atoms with van der Waals surface area (Å²) < 4.78 is 0. The summed E-state index contributed by atoms with van der Waals surface area (Å²) in [5.41, 5.74) is -0.593. The minimum absolute atomic E-state index is 0.120. The molecule has 2 unspecified atom stereocenters. The first-order valence-electron chi connectivity index (χ1n) is 5.08. The molecule has 1 fully saturated rings. The minimum Gasteiger partial charge on any atom is -0.390 e. The van der Waals surface area contributed by atoms with E-state index >= 15 is 0 Å². The van der Waals surface area contributed by atoms with Gasteiger partial charge in [0.25, 0.3) is 0 Å². The van der Waals surface area contributed by atoms with Gasteiger partial charge in [0.2, 0.25) is 5.91 Å². The fourth-order valence-electron chi connectivity index (χ4n) is 1.74. The molecule has 1 amide bonds. The molecule has 0 aliphatic carbocycles. The molecule has 0 aromatic rings. The average Bonchev–Trinajstić information content (AvgIpc) is 2.25. The first kappa shape index (κ1) is 12.0. The monoisotopic (exact) mass is 263 g/mol. The van der Waals surface area contributed by atoms with Crippen molar-refractivity contribution in [3.8, 4) is 0 Å². The van der Waals surface area contributed by atoms with E-state index in [1.54, 1.807) is 0 Å². The molecule has 0 aromatic heterocycles. The van der Waals surface area contributed by atoms with Crippen molar-refractivity contribution >= 4 is 21.8 Å². The van der Waals surface area contributed by atoms with Crippen LogP contribution in [0.4, 0.5) is 0 Å². The van der Waals surface area contributed by atoms with E-state index in [0.717, 1.165) is 19.4 Å². The number of hydrogen-bond donors (Lipinski definition) is 1. The highest BCUT2D eigenvalue weighted by molar-refractivity contribution is 9.10. The third-order valence-corrected chi connectivity index (χ3v) is 3.11. The molecular weight excluding hydrogens is 246 g/mol. The number of alkyl halides is 1. The molecule has 0 radical (unpaired) electrons. The maximum Gasteiger partial charge on any atom is 0.236 e. The molecule has 0 spiro atoms. The standard InChI is InChI=1S/C10H18BrNO2/c1-8(11)9(13)12-6-3-4-10(2,14)5-7-12/h8,14H,3-7H2,1-2H3. The second-order valence-electron chi connectivity index (χ2n) is 4.29. The normalized spacial score (nSPS) is 31.0. The maximum absolute atomic E-state index is 11.7. The van der Waals surface area contributed by atoms with Gasteiger partial charge in [-0.1, -0.05) is 15.9 Å². The lowest BCUT2D eigenvalue weighted by atomic mass is 9.98. The van der Waals surface area contributed by atoms with Crippen molar-refractivity contribution < 1.29 is 9.90 Å². The number of likely N-dealkylation sites (tertiary alicyclic amines) is 1. The lowest BCUT2D eigenvalue weighted by molar-refractivity contribution is -0.130. The van der Waals surface area contributed by atoms with Gasteiger partial charge in [0, 0.05) is 13.1 Å². The summed E-state index contributed by atoms with van der Waals surface area (Å²) >= 11 is 3.28. The molecule has 1 rings (SSSR count). The van der Waals surface area contributed by atoms with Crippen LogP contribution in [0.5, 0.6) is 0 Å². The summed E-state index contributed by atoms with van der Waals surface area (Å²) in [6.45, 7) is 5.12. The van der Waals surface area contributed by atoms with Crippen molar-refractivity contribution in [1.29, 1.82) is 0 Å². The van der Waals surface area contributed by atoms with Gasteiger partial charge in [0.1, 0.15) is 0 Å². The van der Waals surface area contributed by atoms with Gasteiger partial charge in [-0.15, -0.1) is 0 Å². The van der Waals surface area contributed by atoms with E-state index in [2.05, 4.69) is 15.9 Å². The summed E-state index contributed by atoms with van der Waals surface area (Å²) in [7, 11) is 0. The van der Waals surface area contributed by atoms with Crippen LogP contribution in [-0.2, 0) is 4.79 Å². The van der Waals surface area contributed by atoms with Crippen LogP contribution in [0.1, 0.15) is 33.1 Å². The Hall–Kier alpha value is -0.0900. The molecule has 3 nitrogen and oxygen atoms in total. The highest BCUT2D eigenvalue weighted by Crippen LogP contribution is 2.22. The van der Waals surface area contributed by atoms with Crippen molar-refractivity contribution in [2.75, 3.05) is 13.1 Å². The smallest absolute Gasteiger partial charge is 0.236 e. The highest BCUT2D eigenvalue weighted by atomic mass is 79.9. The number of hydrogen-bond acceptors (Lipinski definition) is 2. The fraction of sp³-hybridized carbons (Fsp3) is 0.900. The molecule has 82 valence electrons. The van der Waals surface area contributed by atoms with Gasteiger partial charge in [-0.05, 0) is 33.1 Å². The van der Waals surface area contributed by atoms with Crippen LogP contribution in [0.2, 0.25) is 0 Å². The maximum atomic E-state index is 11.7. The van der Waals surface area contributed by atoms with Crippen LogP contribution in [-0.4, -0.2) is 39.4 Å². The largest absolute Gasteiger partial charge is 0.390 e. The van der Waals surface area contributed by atoms with Crippen molar-refractivity contribution in [3.05, 3.63) is 0 Å². The molecule has 1 N–H and O–H groups in total. The van der Waals surface area contributed by atoms with Crippen LogP contribution in [0.25, 0.3) is 0 Å². The Bertz CT molecular complexity index is 216. The van der Waals surface area contributed by atoms with E-state index in [1.807, 2.05) is 18.7 Å². The van der Waals surface area contributed by atoms with Gasteiger partial charge in [-0.25, -0.2) is 0 Å². The SMILES string of the molecule is CC(Br)C(=O)N1CCCC(C)(O)CC1. The third kappa shape index (κ3) is 3.24. The number of carbonyl (C=O) groups is 1. The molecule has 14 heavy (non-hydrogen) atoms. The van der Waals surface area contributed by atoms with Gasteiger partial charge in [-0.3, -0.25) is 4.79 Å². The summed E-state index contributed by atoms with van der Waals surface area (Å²) in [6.07, 6.45) is 2.35. The number of carbonyl (C=O) groups excluding carboxylic acids is 1. The van der Waals surface area contributed by atoms with Gasteiger partial charge in [0.05, 0.1) is 10.4 Å². The predicted molar refractivity (Wildman–Crippen MR) is 59.4 cm³/mol. The van der Waals surface area contributed by atoms with E-state index in [1.165, 1.54) is 0 Å². The lowest BCUT2D eigenvalue weighted by Crippen LogP contribution is -2.37. The number of aliphatic hydroxyl groups is 1. The molecule has 2 atom stereocenters. The molecule has 4 heteroatoms. The first-order valence-corrected chi connectivity index (χ1v) is 5.99. The lowest BCUT2D eigenvalue weighted by Gasteiger charge is -2.23. The molecular formula is C10H18BrNO2. The van der Waals surface area contributed by atoms with Gasteiger partial charge in [0.15, 0.2) is 0 Å². The third-order valence-electron chi connectivity index (χ3n) is 2.72. The summed E-state index contributed by atoms with van der Waals surface area (Å²) in [5.74, 6) is 0.128. The highest BCUT2D eigenvalue weighted by Gasteiger charge is 2.27. The molecule has 1 saturated heterocycles. The van der Waals surface area contributed by atoms with E-state index in [4.69, 9.17) is 0 Å². The van der Waals surface area contributed by atoms with Gasteiger partial charge < -0.3 is 10.0 Å². The van der Waals surface area contributed by atoms with E-state index in [0.29, 0.717) is 13.0 Å². The van der Waals surface area contributed by atoms with Crippen molar-refractivity contribution in [3.63, 3.8) is 0 Å². The fourth-order valence-corrected chi connectivity index (χ4v) is 2.02. The zero-order valence-corrected chi connectivity index (χ0v) is 10.4. The van der Waals surface area contributed by atoms with Crippen LogP contribution >= 0.6 is 15.9 Å². The Morgan fingerprint density at radius 2 is 2.14 bits per heavy atom. The Kier molecular flexibility index (Phi) is 3.95. The first-order chi connectivity index (χ1) is 6.42. The molecule has 0 saturated carbocycles. The van der Waals surface area contributed by atoms with Crippen molar-refractivity contribution in [1.82, 2.24) is 4.90 Å². The van der Waals surface area contributed by atoms with Crippen LogP contribution in [0, 0.1) is 0 Å². The summed E-state index contributed by atoms with van der Waals surface area (Å²) in [5, 5.41) is 9.84.